The van der Waals surface area contributed by atoms with Crippen LogP contribution in [0.5, 0.6) is 0 Å². The minimum atomic E-state index is 0.729. The van der Waals surface area contributed by atoms with Crippen molar-refractivity contribution in [3.05, 3.63) is 152 Å². The molecular formula is C41H25N3S. The van der Waals surface area contributed by atoms with Crippen molar-refractivity contribution in [2.75, 3.05) is 0 Å². The first-order valence-electron chi connectivity index (χ1n) is 15.0. The van der Waals surface area contributed by atoms with Crippen LogP contribution in [0.2, 0.25) is 0 Å². The van der Waals surface area contributed by atoms with Gasteiger partial charge in [0, 0.05) is 38.2 Å². The topological polar surface area (TPSA) is 38.7 Å². The molecule has 9 aromatic rings. The molecule has 0 N–H and O–H groups in total. The normalized spacial score (nSPS) is 11.6. The summed E-state index contributed by atoms with van der Waals surface area (Å²) in [5.74, 6) is 0.729. The summed E-state index contributed by atoms with van der Waals surface area (Å²) in [6, 6.07) is 51.3. The van der Waals surface area contributed by atoms with Crippen molar-refractivity contribution in [3.8, 4) is 44.9 Å². The summed E-state index contributed by atoms with van der Waals surface area (Å²) < 4.78 is 2.33. The van der Waals surface area contributed by atoms with Gasteiger partial charge in [0.15, 0.2) is 5.82 Å². The average molecular weight is 592 g/mol. The van der Waals surface area contributed by atoms with Crippen LogP contribution in [0, 0.1) is 0 Å². The Morgan fingerprint density at radius 2 is 1.13 bits per heavy atom. The minimum Gasteiger partial charge on any atom is -0.256 e. The maximum Gasteiger partial charge on any atom is 0.160 e. The van der Waals surface area contributed by atoms with Gasteiger partial charge in [-0.05, 0) is 39.8 Å². The van der Waals surface area contributed by atoms with Crippen molar-refractivity contribution in [1.29, 1.82) is 0 Å². The Balaban J connectivity index is 1.17. The molecule has 0 saturated carbocycles. The summed E-state index contributed by atoms with van der Waals surface area (Å²) in [7, 11) is 0. The maximum atomic E-state index is 5.22. The Kier molecular flexibility index (Phi) is 6.00. The molecule has 0 bridgehead atoms. The number of benzene rings is 6. The molecular weight excluding hydrogens is 567 g/mol. The van der Waals surface area contributed by atoms with Crippen LogP contribution >= 0.6 is 11.3 Å². The largest absolute Gasteiger partial charge is 0.256 e. The van der Waals surface area contributed by atoms with Gasteiger partial charge >= 0.3 is 0 Å². The van der Waals surface area contributed by atoms with Gasteiger partial charge in [-0.2, -0.15) is 0 Å². The van der Waals surface area contributed by atoms with Gasteiger partial charge in [-0.1, -0.05) is 133 Å². The number of thiophene rings is 1. The zero-order valence-corrected chi connectivity index (χ0v) is 25.0. The van der Waals surface area contributed by atoms with E-state index in [0.717, 1.165) is 60.1 Å². The number of pyridine rings is 1. The Hall–Kier alpha value is -5.71. The number of rotatable bonds is 4. The molecule has 0 saturated heterocycles. The third kappa shape index (κ3) is 4.38. The SMILES string of the molecule is c1ccc(-c2ccc(-c3nc(-c4ccc(-c5cccc6c5ccc5cccnc56)cc4)nc4c3sc3ccccc34)cc2)cc1. The third-order valence-electron chi connectivity index (χ3n) is 8.57. The highest BCUT2D eigenvalue weighted by molar-refractivity contribution is 7.26. The molecule has 3 nitrogen and oxygen atoms in total. The molecule has 0 radical (unpaired) electrons. The molecule has 0 aliphatic heterocycles. The number of hydrogen-bond acceptors (Lipinski definition) is 4. The van der Waals surface area contributed by atoms with Crippen molar-refractivity contribution in [1.82, 2.24) is 15.0 Å². The lowest BCUT2D eigenvalue weighted by atomic mass is 9.96. The van der Waals surface area contributed by atoms with E-state index in [2.05, 4.69) is 138 Å². The van der Waals surface area contributed by atoms with Crippen molar-refractivity contribution < 1.29 is 0 Å². The molecule has 45 heavy (non-hydrogen) atoms. The smallest absolute Gasteiger partial charge is 0.160 e. The van der Waals surface area contributed by atoms with E-state index < -0.39 is 0 Å². The predicted molar refractivity (Wildman–Crippen MR) is 189 cm³/mol. The Morgan fingerprint density at radius 1 is 0.422 bits per heavy atom. The van der Waals surface area contributed by atoms with Crippen LogP contribution in [0.15, 0.2) is 152 Å². The van der Waals surface area contributed by atoms with Crippen molar-refractivity contribution in [2.45, 2.75) is 0 Å². The fraction of sp³-hybridized carbons (Fsp3) is 0. The van der Waals surface area contributed by atoms with Crippen LogP contribution in [0.1, 0.15) is 0 Å². The van der Waals surface area contributed by atoms with Gasteiger partial charge in [-0.3, -0.25) is 4.98 Å². The van der Waals surface area contributed by atoms with E-state index in [1.54, 1.807) is 11.3 Å². The lowest BCUT2D eigenvalue weighted by molar-refractivity contribution is 1.24. The van der Waals surface area contributed by atoms with E-state index in [9.17, 15) is 0 Å². The van der Waals surface area contributed by atoms with E-state index in [0.29, 0.717) is 0 Å². The molecule has 9 rings (SSSR count). The zero-order valence-electron chi connectivity index (χ0n) is 24.2. The van der Waals surface area contributed by atoms with Gasteiger partial charge < -0.3 is 0 Å². The van der Waals surface area contributed by atoms with Crippen LogP contribution in [-0.2, 0) is 0 Å². The molecule has 0 fully saturated rings. The lowest BCUT2D eigenvalue weighted by Gasteiger charge is -2.11. The summed E-state index contributed by atoms with van der Waals surface area (Å²) in [5.41, 5.74) is 9.80. The van der Waals surface area contributed by atoms with E-state index in [1.807, 2.05) is 18.3 Å². The first-order valence-corrected chi connectivity index (χ1v) is 15.8. The van der Waals surface area contributed by atoms with Gasteiger partial charge in [-0.15, -0.1) is 11.3 Å². The molecule has 0 spiro atoms. The van der Waals surface area contributed by atoms with E-state index in [1.165, 1.54) is 26.8 Å². The standard InChI is InChI=1S/C41H25N3S/c1-2-8-26(9-3-1)27-15-19-30(20-16-27)38-40-39(35-11-4-5-14-36(35)45-40)44-41(43-38)31-21-17-28(18-22-31)32-12-6-13-34-33(32)24-23-29-10-7-25-42-37(29)34/h1-25H. The van der Waals surface area contributed by atoms with Crippen LogP contribution < -0.4 is 0 Å². The molecule has 0 atom stereocenters. The molecule has 0 amide bonds. The Bertz CT molecular complexity index is 2520. The highest BCUT2D eigenvalue weighted by atomic mass is 32.1. The van der Waals surface area contributed by atoms with Crippen LogP contribution in [0.25, 0.3) is 86.9 Å². The molecule has 4 heteroatoms. The average Bonchev–Trinajstić information content (AvgIpc) is 3.50. The number of aromatic nitrogens is 3. The number of fused-ring (bicyclic) bond motifs is 6. The van der Waals surface area contributed by atoms with Gasteiger partial charge in [0.25, 0.3) is 0 Å². The van der Waals surface area contributed by atoms with Crippen molar-refractivity contribution in [3.63, 3.8) is 0 Å². The Morgan fingerprint density at radius 3 is 2.00 bits per heavy atom. The predicted octanol–water partition coefficient (Wildman–Crippen LogP) is 11.2. The first kappa shape index (κ1) is 25.8. The lowest BCUT2D eigenvalue weighted by Crippen LogP contribution is -1.94. The molecule has 210 valence electrons. The van der Waals surface area contributed by atoms with Gasteiger partial charge in [0.2, 0.25) is 0 Å². The summed E-state index contributed by atoms with van der Waals surface area (Å²) in [5, 5.41) is 4.67. The van der Waals surface area contributed by atoms with Crippen LogP contribution in [0.4, 0.5) is 0 Å². The second-order valence-electron chi connectivity index (χ2n) is 11.2. The second kappa shape index (κ2) is 10.5. The van der Waals surface area contributed by atoms with E-state index in [4.69, 9.17) is 9.97 Å². The fourth-order valence-electron chi connectivity index (χ4n) is 6.32. The summed E-state index contributed by atoms with van der Waals surface area (Å²) in [6.07, 6.45) is 1.86. The third-order valence-corrected chi connectivity index (χ3v) is 9.74. The molecule has 3 heterocycles. The maximum absolute atomic E-state index is 5.22. The summed E-state index contributed by atoms with van der Waals surface area (Å²) in [4.78, 5) is 15.1. The van der Waals surface area contributed by atoms with Gasteiger partial charge in [0.05, 0.1) is 21.4 Å². The Labute approximate surface area is 264 Å². The highest BCUT2D eigenvalue weighted by Gasteiger charge is 2.17. The van der Waals surface area contributed by atoms with Crippen molar-refractivity contribution >= 4 is 53.3 Å². The van der Waals surface area contributed by atoms with E-state index in [-0.39, 0.29) is 0 Å². The van der Waals surface area contributed by atoms with Crippen molar-refractivity contribution in [2.24, 2.45) is 0 Å². The molecule has 0 aliphatic rings. The van der Waals surface area contributed by atoms with Crippen LogP contribution in [0.3, 0.4) is 0 Å². The quantitative estimate of drug-likeness (QED) is 0.191. The number of nitrogens with zero attached hydrogens (tertiary/aromatic N) is 3. The fourth-order valence-corrected chi connectivity index (χ4v) is 7.47. The van der Waals surface area contributed by atoms with Crippen LogP contribution in [-0.4, -0.2) is 15.0 Å². The minimum absolute atomic E-state index is 0.729. The van der Waals surface area contributed by atoms with E-state index >= 15 is 0 Å². The monoisotopic (exact) mass is 591 g/mol. The van der Waals surface area contributed by atoms with Gasteiger partial charge in [-0.25, -0.2) is 9.97 Å². The first-order chi connectivity index (χ1) is 22.3. The molecule has 0 unspecified atom stereocenters. The highest BCUT2D eigenvalue weighted by Crippen LogP contribution is 2.40. The summed E-state index contributed by atoms with van der Waals surface area (Å²) >= 11 is 1.76. The second-order valence-corrected chi connectivity index (χ2v) is 12.3. The summed E-state index contributed by atoms with van der Waals surface area (Å²) in [6.45, 7) is 0. The van der Waals surface area contributed by atoms with Gasteiger partial charge in [0.1, 0.15) is 0 Å². The zero-order chi connectivity index (χ0) is 29.7. The molecule has 3 aromatic heterocycles. The number of hydrogen-bond donors (Lipinski definition) is 0. The molecule has 0 aliphatic carbocycles. The molecule has 6 aromatic carbocycles.